The standard InChI is InChI=1S/C20H19FN2O4/c21-15-5-3-4-14(12-15)19(24)23-13-18(20(25)22-8-10-26-11-9-22)27-17-7-2-1-6-16(17)23/h1-7,12,18H,8-11,13H2. The lowest BCUT2D eigenvalue weighted by Gasteiger charge is -2.37. The van der Waals surface area contributed by atoms with Gasteiger partial charge in [0.15, 0.2) is 6.10 Å². The molecule has 2 aliphatic rings. The number of fused-ring (bicyclic) bond motifs is 1. The van der Waals surface area contributed by atoms with Gasteiger partial charge in [-0.3, -0.25) is 9.59 Å². The van der Waals surface area contributed by atoms with Crippen LogP contribution in [-0.2, 0) is 9.53 Å². The van der Waals surface area contributed by atoms with Crippen LogP contribution in [0.5, 0.6) is 5.75 Å². The largest absolute Gasteiger partial charge is 0.476 e. The van der Waals surface area contributed by atoms with Crippen molar-refractivity contribution in [1.29, 1.82) is 0 Å². The van der Waals surface area contributed by atoms with E-state index in [1.165, 1.54) is 23.1 Å². The Balaban J connectivity index is 1.64. The second-order valence-corrected chi connectivity index (χ2v) is 6.44. The maximum absolute atomic E-state index is 13.6. The van der Waals surface area contributed by atoms with Crippen LogP contribution >= 0.6 is 0 Å². The summed E-state index contributed by atoms with van der Waals surface area (Å²) in [4.78, 5) is 29.1. The van der Waals surface area contributed by atoms with Crippen molar-refractivity contribution in [2.75, 3.05) is 37.7 Å². The number of hydrogen-bond acceptors (Lipinski definition) is 4. The van der Waals surface area contributed by atoms with Crippen LogP contribution in [0.15, 0.2) is 48.5 Å². The lowest BCUT2D eigenvalue weighted by atomic mass is 10.1. The Bertz CT molecular complexity index is 867. The molecule has 140 valence electrons. The van der Waals surface area contributed by atoms with Crippen molar-refractivity contribution in [2.45, 2.75) is 6.10 Å². The molecule has 0 aliphatic carbocycles. The second kappa shape index (κ2) is 7.36. The summed E-state index contributed by atoms with van der Waals surface area (Å²) in [6.45, 7) is 2.04. The third-order valence-corrected chi connectivity index (χ3v) is 4.69. The molecule has 0 spiro atoms. The van der Waals surface area contributed by atoms with Crippen LogP contribution in [0.1, 0.15) is 10.4 Å². The first-order valence-corrected chi connectivity index (χ1v) is 8.83. The molecule has 2 aromatic rings. The number of benzene rings is 2. The molecule has 0 bridgehead atoms. The molecule has 1 unspecified atom stereocenters. The maximum Gasteiger partial charge on any atom is 0.265 e. The summed E-state index contributed by atoms with van der Waals surface area (Å²) in [6.07, 6.45) is -0.810. The van der Waals surface area contributed by atoms with Crippen molar-refractivity contribution in [2.24, 2.45) is 0 Å². The van der Waals surface area contributed by atoms with Gasteiger partial charge in [0.05, 0.1) is 25.4 Å². The molecule has 0 aromatic heterocycles. The van der Waals surface area contributed by atoms with Gasteiger partial charge in [-0.2, -0.15) is 0 Å². The minimum atomic E-state index is -0.810. The summed E-state index contributed by atoms with van der Waals surface area (Å²) in [5.41, 5.74) is 0.794. The minimum Gasteiger partial charge on any atom is -0.476 e. The number of rotatable bonds is 2. The number of nitrogens with zero attached hydrogens (tertiary/aromatic N) is 2. The predicted molar refractivity (Wildman–Crippen MR) is 96.3 cm³/mol. The van der Waals surface area contributed by atoms with Crippen LogP contribution in [0.2, 0.25) is 0 Å². The average molecular weight is 370 g/mol. The quantitative estimate of drug-likeness (QED) is 0.812. The topological polar surface area (TPSA) is 59.1 Å². The average Bonchev–Trinajstić information content (AvgIpc) is 2.72. The molecule has 2 heterocycles. The monoisotopic (exact) mass is 370 g/mol. The zero-order chi connectivity index (χ0) is 18.8. The van der Waals surface area contributed by atoms with Crippen molar-refractivity contribution in [1.82, 2.24) is 4.90 Å². The predicted octanol–water partition coefficient (Wildman–Crippen LogP) is 2.09. The second-order valence-electron chi connectivity index (χ2n) is 6.44. The van der Waals surface area contributed by atoms with Gasteiger partial charge in [0, 0.05) is 18.7 Å². The van der Waals surface area contributed by atoms with Crippen LogP contribution < -0.4 is 9.64 Å². The van der Waals surface area contributed by atoms with E-state index in [1.807, 2.05) is 0 Å². The van der Waals surface area contributed by atoms with E-state index >= 15 is 0 Å². The van der Waals surface area contributed by atoms with Gasteiger partial charge >= 0.3 is 0 Å². The van der Waals surface area contributed by atoms with Gasteiger partial charge in [-0.1, -0.05) is 18.2 Å². The molecule has 7 heteroatoms. The Morgan fingerprint density at radius 1 is 1.04 bits per heavy atom. The number of carbonyl (C=O) groups excluding carboxylic acids is 2. The molecule has 0 N–H and O–H groups in total. The van der Waals surface area contributed by atoms with E-state index in [0.717, 1.165) is 0 Å². The lowest BCUT2D eigenvalue weighted by molar-refractivity contribution is -0.142. The Labute approximate surface area is 156 Å². The number of anilines is 1. The van der Waals surface area contributed by atoms with Crippen LogP contribution in [-0.4, -0.2) is 55.7 Å². The van der Waals surface area contributed by atoms with Crippen LogP contribution in [0.4, 0.5) is 10.1 Å². The number of para-hydroxylation sites is 2. The zero-order valence-corrected chi connectivity index (χ0v) is 14.6. The smallest absolute Gasteiger partial charge is 0.265 e. The fourth-order valence-electron chi connectivity index (χ4n) is 3.32. The summed E-state index contributed by atoms with van der Waals surface area (Å²) in [7, 11) is 0. The number of carbonyl (C=O) groups is 2. The zero-order valence-electron chi connectivity index (χ0n) is 14.6. The number of hydrogen-bond donors (Lipinski definition) is 0. The van der Waals surface area contributed by atoms with Crippen LogP contribution in [0, 0.1) is 5.82 Å². The van der Waals surface area contributed by atoms with Gasteiger partial charge in [-0.15, -0.1) is 0 Å². The van der Waals surface area contributed by atoms with Gasteiger partial charge in [-0.05, 0) is 30.3 Å². The SMILES string of the molecule is O=C(C1CN(C(=O)c2cccc(F)c2)c2ccccc2O1)N1CCOCC1. The van der Waals surface area contributed by atoms with E-state index in [-0.39, 0.29) is 23.9 Å². The van der Waals surface area contributed by atoms with E-state index in [2.05, 4.69) is 0 Å². The Morgan fingerprint density at radius 3 is 2.59 bits per heavy atom. The highest BCUT2D eigenvalue weighted by atomic mass is 19.1. The first-order chi connectivity index (χ1) is 13.1. The fraction of sp³-hybridized carbons (Fsp3) is 0.300. The molecule has 2 amide bonds. The fourth-order valence-corrected chi connectivity index (χ4v) is 3.32. The first kappa shape index (κ1) is 17.5. The van der Waals surface area contributed by atoms with Gasteiger partial charge in [0.25, 0.3) is 11.8 Å². The first-order valence-electron chi connectivity index (χ1n) is 8.83. The van der Waals surface area contributed by atoms with E-state index in [0.29, 0.717) is 37.7 Å². The minimum absolute atomic E-state index is 0.0720. The Hall–Kier alpha value is -2.93. The molecule has 1 fully saturated rings. The summed E-state index contributed by atoms with van der Waals surface area (Å²) in [5.74, 6) is -0.571. The van der Waals surface area contributed by atoms with E-state index in [1.54, 1.807) is 35.2 Å². The molecule has 0 saturated carbocycles. The van der Waals surface area contributed by atoms with E-state index in [4.69, 9.17) is 9.47 Å². The summed E-state index contributed by atoms with van der Waals surface area (Å²) in [5, 5.41) is 0. The Kier molecular flexibility index (Phi) is 4.77. The van der Waals surface area contributed by atoms with Crippen molar-refractivity contribution in [3.63, 3.8) is 0 Å². The molecule has 2 aliphatic heterocycles. The van der Waals surface area contributed by atoms with Gasteiger partial charge < -0.3 is 19.3 Å². The summed E-state index contributed by atoms with van der Waals surface area (Å²) in [6, 6.07) is 12.6. The molecule has 0 radical (unpaired) electrons. The van der Waals surface area contributed by atoms with Crippen molar-refractivity contribution < 1.29 is 23.5 Å². The highest BCUT2D eigenvalue weighted by molar-refractivity contribution is 6.07. The van der Waals surface area contributed by atoms with E-state index in [9.17, 15) is 14.0 Å². The molecule has 27 heavy (non-hydrogen) atoms. The molecule has 2 aromatic carbocycles. The summed E-state index contributed by atoms with van der Waals surface area (Å²) < 4.78 is 24.7. The van der Waals surface area contributed by atoms with Crippen molar-refractivity contribution in [3.05, 3.63) is 59.9 Å². The van der Waals surface area contributed by atoms with Crippen LogP contribution in [0.25, 0.3) is 0 Å². The molecule has 1 saturated heterocycles. The number of amides is 2. The third kappa shape index (κ3) is 3.50. The van der Waals surface area contributed by atoms with Crippen LogP contribution in [0.3, 0.4) is 0 Å². The molecule has 1 atom stereocenters. The number of morpholine rings is 1. The number of halogens is 1. The Morgan fingerprint density at radius 2 is 1.81 bits per heavy atom. The van der Waals surface area contributed by atoms with Crippen molar-refractivity contribution in [3.8, 4) is 5.75 Å². The van der Waals surface area contributed by atoms with Crippen molar-refractivity contribution >= 4 is 17.5 Å². The third-order valence-electron chi connectivity index (χ3n) is 4.69. The van der Waals surface area contributed by atoms with Gasteiger partial charge in [-0.25, -0.2) is 4.39 Å². The molecule has 6 nitrogen and oxygen atoms in total. The van der Waals surface area contributed by atoms with E-state index < -0.39 is 11.9 Å². The normalized spacial score (nSPS) is 19.2. The lowest BCUT2D eigenvalue weighted by Crippen LogP contribution is -2.54. The molecular weight excluding hydrogens is 351 g/mol. The molecule has 4 rings (SSSR count). The highest BCUT2D eigenvalue weighted by Gasteiger charge is 2.36. The van der Waals surface area contributed by atoms with Gasteiger partial charge in [0.1, 0.15) is 11.6 Å². The molecular formula is C20H19FN2O4. The summed E-state index contributed by atoms with van der Waals surface area (Å²) >= 11 is 0. The maximum atomic E-state index is 13.6. The highest BCUT2D eigenvalue weighted by Crippen LogP contribution is 2.34. The number of ether oxygens (including phenoxy) is 2. The van der Waals surface area contributed by atoms with Gasteiger partial charge in [0.2, 0.25) is 0 Å².